The Kier molecular flexibility index (Phi) is 3.65. The number of benzene rings is 1. The Morgan fingerprint density at radius 2 is 1.79 bits per heavy atom. The van der Waals surface area contributed by atoms with E-state index in [0.717, 1.165) is 27.9 Å². The minimum Gasteiger partial charge on any atom is -0.395 e. The smallest absolute Gasteiger partial charge is 0.237 e. The number of ether oxygens (including phenoxy) is 1. The highest BCUT2D eigenvalue weighted by Gasteiger charge is 2.45. The number of aliphatic hydroxyl groups is 1. The van der Waals surface area contributed by atoms with Crippen molar-refractivity contribution < 1.29 is 14.6 Å². The van der Waals surface area contributed by atoms with Crippen molar-refractivity contribution in [2.45, 2.75) is 27.7 Å². The monoisotopic (exact) mass is 263 g/mol. The van der Waals surface area contributed by atoms with Crippen molar-refractivity contribution in [1.82, 2.24) is 0 Å². The first-order chi connectivity index (χ1) is 8.91. The quantitative estimate of drug-likeness (QED) is 0.875. The number of carbonyl (C=O) groups is 1. The van der Waals surface area contributed by atoms with Gasteiger partial charge in [-0.3, -0.25) is 4.79 Å². The van der Waals surface area contributed by atoms with Gasteiger partial charge < -0.3 is 15.2 Å². The van der Waals surface area contributed by atoms with Gasteiger partial charge in [0.05, 0.1) is 19.8 Å². The lowest BCUT2D eigenvalue weighted by Crippen LogP contribution is -2.54. The third kappa shape index (κ3) is 2.26. The van der Waals surface area contributed by atoms with Crippen molar-refractivity contribution in [3.63, 3.8) is 0 Å². The molecule has 1 amide bonds. The Hall–Kier alpha value is -1.39. The van der Waals surface area contributed by atoms with Gasteiger partial charge in [-0.25, -0.2) is 0 Å². The molecule has 2 rings (SSSR count). The van der Waals surface area contributed by atoms with Crippen LogP contribution in [0.4, 0.5) is 5.69 Å². The van der Waals surface area contributed by atoms with Crippen LogP contribution in [0.15, 0.2) is 6.07 Å². The van der Waals surface area contributed by atoms with Gasteiger partial charge in [-0.05, 0) is 49.9 Å². The largest absolute Gasteiger partial charge is 0.395 e. The Balaban J connectivity index is 2.31. The summed E-state index contributed by atoms with van der Waals surface area (Å²) in [6.07, 6.45) is 0. The zero-order chi connectivity index (χ0) is 14.2. The number of rotatable bonds is 3. The summed E-state index contributed by atoms with van der Waals surface area (Å²) in [5.74, 6) is -0.155. The van der Waals surface area contributed by atoms with E-state index in [1.807, 2.05) is 27.7 Å². The van der Waals surface area contributed by atoms with Crippen LogP contribution in [0.5, 0.6) is 0 Å². The van der Waals surface area contributed by atoms with Gasteiger partial charge in [-0.2, -0.15) is 0 Å². The Bertz CT molecular complexity index is 487. The third-order valence-electron chi connectivity index (χ3n) is 4.15. The van der Waals surface area contributed by atoms with E-state index < -0.39 is 5.41 Å². The first-order valence-corrected chi connectivity index (χ1v) is 6.49. The van der Waals surface area contributed by atoms with Crippen LogP contribution in [0.25, 0.3) is 0 Å². The van der Waals surface area contributed by atoms with E-state index in [1.165, 1.54) is 0 Å². The van der Waals surface area contributed by atoms with Gasteiger partial charge in [0.15, 0.2) is 0 Å². The summed E-state index contributed by atoms with van der Waals surface area (Å²) in [5.41, 5.74) is 4.55. The molecule has 1 saturated heterocycles. The zero-order valence-electron chi connectivity index (χ0n) is 12.0. The first-order valence-electron chi connectivity index (χ1n) is 6.49. The number of carbonyl (C=O) groups excluding carboxylic acids is 1. The molecule has 0 saturated carbocycles. The van der Waals surface area contributed by atoms with E-state index >= 15 is 0 Å². The van der Waals surface area contributed by atoms with Gasteiger partial charge in [0.25, 0.3) is 0 Å². The lowest BCUT2D eigenvalue weighted by Gasteiger charge is -2.38. The number of amides is 1. The van der Waals surface area contributed by atoms with E-state index in [2.05, 4.69) is 11.4 Å². The van der Waals surface area contributed by atoms with Crippen molar-refractivity contribution in [3.05, 3.63) is 28.3 Å². The van der Waals surface area contributed by atoms with E-state index in [1.54, 1.807) is 0 Å². The van der Waals surface area contributed by atoms with Crippen LogP contribution < -0.4 is 5.32 Å². The van der Waals surface area contributed by atoms with Crippen LogP contribution in [0.2, 0.25) is 0 Å². The average molecular weight is 263 g/mol. The molecule has 0 aliphatic carbocycles. The number of nitrogens with one attached hydrogen (secondary N) is 1. The summed E-state index contributed by atoms with van der Waals surface area (Å²) in [6.45, 7) is 8.47. The van der Waals surface area contributed by atoms with Crippen LogP contribution in [0.3, 0.4) is 0 Å². The summed E-state index contributed by atoms with van der Waals surface area (Å²) in [7, 11) is 0. The SMILES string of the molecule is Cc1cc(C)c(C)c(NC(=O)C2(CO)COC2)c1C. The number of anilines is 1. The first kappa shape index (κ1) is 14.0. The Morgan fingerprint density at radius 1 is 1.26 bits per heavy atom. The zero-order valence-corrected chi connectivity index (χ0v) is 12.0. The maximum Gasteiger partial charge on any atom is 0.237 e. The van der Waals surface area contributed by atoms with Gasteiger partial charge >= 0.3 is 0 Å². The van der Waals surface area contributed by atoms with Crippen LogP contribution >= 0.6 is 0 Å². The van der Waals surface area contributed by atoms with E-state index in [0.29, 0.717) is 0 Å². The molecule has 19 heavy (non-hydrogen) atoms. The van der Waals surface area contributed by atoms with Crippen LogP contribution in [0, 0.1) is 33.1 Å². The predicted molar refractivity (Wildman–Crippen MR) is 74.4 cm³/mol. The molecule has 0 unspecified atom stereocenters. The number of aliphatic hydroxyl groups excluding tert-OH is 1. The molecule has 1 aromatic carbocycles. The van der Waals surface area contributed by atoms with E-state index in [9.17, 15) is 9.90 Å². The van der Waals surface area contributed by atoms with Crippen molar-refractivity contribution in [1.29, 1.82) is 0 Å². The molecular weight excluding hydrogens is 242 g/mol. The summed E-state index contributed by atoms with van der Waals surface area (Å²) in [4.78, 5) is 12.3. The molecule has 4 heteroatoms. The van der Waals surface area contributed by atoms with Gasteiger partial charge in [0.2, 0.25) is 5.91 Å². The molecule has 1 fully saturated rings. The lowest BCUT2D eigenvalue weighted by atomic mass is 9.85. The fourth-order valence-corrected chi connectivity index (χ4v) is 2.29. The van der Waals surface area contributed by atoms with Crippen molar-refractivity contribution in [2.24, 2.45) is 5.41 Å². The minimum atomic E-state index is -0.767. The molecule has 0 spiro atoms. The maximum absolute atomic E-state index is 12.3. The molecule has 1 heterocycles. The average Bonchev–Trinajstić information content (AvgIpc) is 2.31. The highest BCUT2D eigenvalue weighted by atomic mass is 16.5. The molecule has 0 aromatic heterocycles. The molecule has 1 aliphatic rings. The van der Waals surface area contributed by atoms with Crippen LogP contribution in [0.1, 0.15) is 22.3 Å². The van der Waals surface area contributed by atoms with Crippen LogP contribution in [-0.4, -0.2) is 30.8 Å². The van der Waals surface area contributed by atoms with Gasteiger partial charge in [0.1, 0.15) is 5.41 Å². The highest BCUT2D eigenvalue weighted by Crippen LogP contribution is 2.32. The highest BCUT2D eigenvalue weighted by molar-refractivity contribution is 5.97. The molecular formula is C15H21NO3. The number of aryl methyl sites for hydroxylation is 2. The molecule has 4 nitrogen and oxygen atoms in total. The molecule has 0 radical (unpaired) electrons. The summed E-state index contributed by atoms with van der Waals surface area (Å²) < 4.78 is 5.08. The Morgan fingerprint density at radius 3 is 2.16 bits per heavy atom. The maximum atomic E-state index is 12.3. The number of hydrogen-bond acceptors (Lipinski definition) is 3. The van der Waals surface area contributed by atoms with Gasteiger partial charge in [0, 0.05) is 5.69 Å². The second-order valence-electron chi connectivity index (χ2n) is 5.52. The summed E-state index contributed by atoms with van der Waals surface area (Å²) in [6, 6.07) is 2.12. The van der Waals surface area contributed by atoms with E-state index in [-0.39, 0.29) is 25.7 Å². The Labute approximate surface area is 113 Å². The molecule has 0 bridgehead atoms. The topological polar surface area (TPSA) is 58.6 Å². The van der Waals surface area contributed by atoms with Crippen molar-refractivity contribution >= 4 is 11.6 Å². The molecule has 2 N–H and O–H groups in total. The molecule has 0 atom stereocenters. The number of hydrogen-bond donors (Lipinski definition) is 2. The molecule has 104 valence electrons. The van der Waals surface area contributed by atoms with Crippen molar-refractivity contribution in [3.8, 4) is 0 Å². The molecule has 1 aliphatic heterocycles. The summed E-state index contributed by atoms with van der Waals surface area (Å²) >= 11 is 0. The van der Waals surface area contributed by atoms with Gasteiger partial charge in [-0.1, -0.05) is 6.07 Å². The predicted octanol–water partition coefficient (Wildman–Crippen LogP) is 1.87. The minimum absolute atomic E-state index is 0.155. The van der Waals surface area contributed by atoms with E-state index in [4.69, 9.17) is 4.74 Å². The fraction of sp³-hybridized carbons (Fsp3) is 0.533. The normalized spacial score (nSPS) is 16.9. The molecule has 1 aromatic rings. The fourth-order valence-electron chi connectivity index (χ4n) is 2.29. The van der Waals surface area contributed by atoms with Crippen molar-refractivity contribution in [2.75, 3.05) is 25.1 Å². The van der Waals surface area contributed by atoms with Gasteiger partial charge in [-0.15, -0.1) is 0 Å². The summed E-state index contributed by atoms with van der Waals surface area (Å²) in [5, 5.41) is 12.4. The van der Waals surface area contributed by atoms with Crippen LogP contribution in [-0.2, 0) is 9.53 Å². The standard InChI is InChI=1S/C15H21NO3/c1-9-5-10(2)12(4)13(11(9)3)16-14(18)15(6-17)7-19-8-15/h5,17H,6-8H2,1-4H3,(H,16,18). The second kappa shape index (κ2) is 4.94. The second-order valence-corrected chi connectivity index (χ2v) is 5.52. The lowest BCUT2D eigenvalue weighted by molar-refractivity contribution is -0.164. The third-order valence-corrected chi connectivity index (χ3v) is 4.15.